The third-order valence-electron chi connectivity index (χ3n) is 9.56. The van der Waals surface area contributed by atoms with E-state index in [1.54, 1.807) is 0 Å². The molecule has 1 heterocycles. The monoisotopic (exact) mass is 587 g/mol. The van der Waals surface area contributed by atoms with Gasteiger partial charge in [0, 0.05) is 25.4 Å². The molecule has 2 nitrogen and oxygen atoms in total. The first-order valence-electron chi connectivity index (χ1n) is 19.9. The average Bonchev–Trinajstić information content (AvgIpc) is 3.45. The van der Waals surface area contributed by atoms with Gasteiger partial charge in [-0.2, -0.15) is 0 Å². The first-order valence-corrected chi connectivity index (χ1v) is 19.9. The van der Waals surface area contributed by atoms with Crippen LogP contribution < -0.4 is 0 Å². The Balaban J connectivity index is 1.81. The van der Waals surface area contributed by atoms with E-state index in [-0.39, 0.29) is 0 Å². The van der Waals surface area contributed by atoms with Crippen LogP contribution >= 0.6 is 0 Å². The van der Waals surface area contributed by atoms with Crippen molar-refractivity contribution in [2.45, 2.75) is 239 Å². The minimum Gasteiger partial charge on any atom is -0.335 e. The van der Waals surface area contributed by atoms with Crippen LogP contribution in [0, 0.1) is 0 Å². The summed E-state index contributed by atoms with van der Waals surface area (Å²) >= 11 is 0. The fourth-order valence-corrected chi connectivity index (χ4v) is 6.61. The van der Waals surface area contributed by atoms with Crippen molar-refractivity contribution in [3.63, 3.8) is 0 Å². The first kappa shape index (κ1) is 39.2. The molecule has 0 bridgehead atoms. The molecule has 0 aliphatic heterocycles. The summed E-state index contributed by atoms with van der Waals surface area (Å²) in [5.74, 6) is 1.33. The minimum absolute atomic E-state index is 1.17. The van der Waals surface area contributed by atoms with E-state index in [4.69, 9.17) is 0 Å². The number of hydrogen-bond donors (Lipinski definition) is 0. The van der Waals surface area contributed by atoms with Crippen molar-refractivity contribution in [1.29, 1.82) is 0 Å². The fourth-order valence-electron chi connectivity index (χ4n) is 6.61. The van der Waals surface area contributed by atoms with E-state index in [0.29, 0.717) is 0 Å². The van der Waals surface area contributed by atoms with E-state index in [1.165, 1.54) is 231 Å². The van der Waals surface area contributed by atoms with Crippen LogP contribution in [0.2, 0.25) is 0 Å². The fraction of sp³-hybridized carbons (Fsp3) is 0.925. The number of nitrogens with zero attached hydrogens (tertiary/aromatic N) is 2. The summed E-state index contributed by atoms with van der Waals surface area (Å²) in [6.45, 7) is 5.78. The van der Waals surface area contributed by atoms with E-state index < -0.39 is 0 Å². The molecular formula is C40H78N2. The van der Waals surface area contributed by atoms with Crippen LogP contribution in [0.25, 0.3) is 0 Å². The SMILES string of the molecule is CCCCCCCCCCCCCCCCCCCc1nccn1CCCCCCCCCCCCCCCCCC. The van der Waals surface area contributed by atoms with Gasteiger partial charge in [-0.1, -0.05) is 213 Å². The highest BCUT2D eigenvalue weighted by molar-refractivity contribution is 4.92. The number of unbranched alkanes of at least 4 members (excludes halogenated alkanes) is 31. The maximum absolute atomic E-state index is 4.68. The highest BCUT2D eigenvalue weighted by atomic mass is 15.1. The Kier molecular flexibility index (Phi) is 30.9. The van der Waals surface area contributed by atoms with Crippen LogP contribution in [0.3, 0.4) is 0 Å². The lowest BCUT2D eigenvalue weighted by Gasteiger charge is -2.08. The van der Waals surface area contributed by atoms with Gasteiger partial charge >= 0.3 is 0 Å². The Morgan fingerprint density at radius 2 is 0.667 bits per heavy atom. The standard InChI is InChI=1S/C40H78N2/c1-3-5-7-9-11-13-15-17-19-21-22-24-26-28-30-32-34-36-40-41-37-39-42(40)38-35-33-31-29-27-25-23-20-18-16-14-12-10-8-6-4-2/h37,39H,3-36,38H2,1-2H3. The van der Waals surface area contributed by atoms with E-state index in [1.807, 2.05) is 6.20 Å². The molecule has 0 N–H and O–H groups in total. The predicted octanol–water partition coefficient (Wildman–Crippen LogP) is 14.3. The number of hydrogen-bond acceptors (Lipinski definition) is 1. The Morgan fingerprint density at radius 1 is 0.381 bits per heavy atom. The van der Waals surface area contributed by atoms with Gasteiger partial charge in [0.25, 0.3) is 0 Å². The van der Waals surface area contributed by atoms with Gasteiger partial charge in [0.2, 0.25) is 0 Å². The van der Waals surface area contributed by atoms with Gasteiger partial charge < -0.3 is 4.57 Å². The molecule has 2 heteroatoms. The van der Waals surface area contributed by atoms with Crippen molar-refractivity contribution in [2.24, 2.45) is 0 Å². The van der Waals surface area contributed by atoms with Crippen molar-refractivity contribution in [3.05, 3.63) is 18.2 Å². The summed E-state index contributed by atoms with van der Waals surface area (Å²) in [5, 5.41) is 0. The molecule has 42 heavy (non-hydrogen) atoms. The van der Waals surface area contributed by atoms with Crippen LogP contribution in [0.15, 0.2) is 12.4 Å². The molecule has 0 fully saturated rings. The third kappa shape index (κ3) is 26.8. The van der Waals surface area contributed by atoms with Crippen LogP contribution in [-0.2, 0) is 13.0 Å². The third-order valence-corrected chi connectivity index (χ3v) is 9.56. The van der Waals surface area contributed by atoms with Gasteiger partial charge in [-0.15, -0.1) is 0 Å². The first-order chi connectivity index (χ1) is 20.9. The molecule has 248 valence electrons. The lowest BCUT2D eigenvalue weighted by Crippen LogP contribution is -2.03. The van der Waals surface area contributed by atoms with Gasteiger partial charge in [0.15, 0.2) is 0 Å². The van der Waals surface area contributed by atoms with Crippen LogP contribution in [0.4, 0.5) is 0 Å². The van der Waals surface area contributed by atoms with Gasteiger partial charge in [0.1, 0.15) is 5.82 Å². The molecule has 0 aliphatic carbocycles. The van der Waals surface area contributed by atoms with E-state index >= 15 is 0 Å². The molecule has 0 saturated carbocycles. The Labute approximate surface area is 266 Å². The van der Waals surface area contributed by atoms with Crippen LogP contribution in [0.5, 0.6) is 0 Å². The summed E-state index contributed by atoms with van der Waals surface area (Å²) in [6.07, 6.45) is 52.9. The molecule has 0 amide bonds. The average molecular weight is 587 g/mol. The lowest BCUT2D eigenvalue weighted by molar-refractivity contribution is 0.513. The second-order valence-corrected chi connectivity index (χ2v) is 13.7. The molecule has 1 rings (SSSR count). The van der Waals surface area contributed by atoms with Gasteiger partial charge in [-0.05, 0) is 12.8 Å². The second-order valence-electron chi connectivity index (χ2n) is 13.7. The molecular weight excluding hydrogens is 508 g/mol. The number of aromatic nitrogens is 2. The Bertz CT molecular complexity index is 621. The quantitative estimate of drug-likeness (QED) is 0.0723. The second kappa shape index (κ2) is 33.1. The van der Waals surface area contributed by atoms with Gasteiger partial charge in [-0.25, -0.2) is 4.98 Å². The van der Waals surface area contributed by atoms with E-state index in [9.17, 15) is 0 Å². The molecule has 0 unspecified atom stereocenters. The molecule has 0 saturated heterocycles. The molecule has 0 atom stereocenters. The van der Waals surface area contributed by atoms with Crippen LogP contribution in [-0.4, -0.2) is 9.55 Å². The van der Waals surface area contributed by atoms with Crippen LogP contribution in [0.1, 0.15) is 232 Å². The zero-order valence-corrected chi connectivity index (χ0v) is 29.3. The molecule has 0 spiro atoms. The zero-order valence-electron chi connectivity index (χ0n) is 29.3. The van der Waals surface area contributed by atoms with Crippen molar-refractivity contribution in [3.8, 4) is 0 Å². The smallest absolute Gasteiger partial charge is 0.108 e. The van der Waals surface area contributed by atoms with Gasteiger partial charge in [-0.3, -0.25) is 0 Å². The van der Waals surface area contributed by atoms with Crippen molar-refractivity contribution >= 4 is 0 Å². The van der Waals surface area contributed by atoms with E-state index in [0.717, 1.165) is 0 Å². The van der Waals surface area contributed by atoms with E-state index in [2.05, 4.69) is 29.6 Å². The highest BCUT2D eigenvalue weighted by Gasteiger charge is 2.03. The minimum atomic E-state index is 1.17. The Hall–Kier alpha value is -0.790. The predicted molar refractivity (Wildman–Crippen MR) is 190 cm³/mol. The van der Waals surface area contributed by atoms with Crippen molar-refractivity contribution in [2.75, 3.05) is 0 Å². The normalized spacial score (nSPS) is 11.6. The summed E-state index contributed by atoms with van der Waals surface area (Å²) in [5.41, 5.74) is 0. The maximum Gasteiger partial charge on any atom is 0.108 e. The van der Waals surface area contributed by atoms with Crippen molar-refractivity contribution < 1.29 is 0 Å². The zero-order chi connectivity index (χ0) is 30.0. The molecule has 1 aromatic rings. The highest BCUT2D eigenvalue weighted by Crippen LogP contribution is 2.16. The number of rotatable bonds is 35. The Morgan fingerprint density at radius 3 is 1.00 bits per heavy atom. The summed E-state index contributed by atoms with van der Waals surface area (Å²) in [4.78, 5) is 4.68. The lowest BCUT2D eigenvalue weighted by atomic mass is 10.0. The largest absolute Gasteiger partial charge is 0.335 e. The van der Waals surface area contributed by atoms with Gasteiger partial charge in [0.05, 0.1) is 0 Å². The number of aryl methyl sites for hydroxylation is 2. The molecule has 1 aromatic heterocycles. The summed E-state index contributed by atoms with van der Waals surface area (Å²) < 4.78 is 2.44. The summed E-state index contributed by atoms with van der Waals surface area (Å²) in [7, 11) is 0. The summed E-state index contributed by atoms with van der Waals surface area (Å²) in [6, 6.07) is 0. The number of imidazole rings is 1. The van der Waals surface area contributed by atoms with Crippen molar-refractivity contribution in [1.82, 2.24) is 9.55 Å². The molecule has 0 aromatic carbocycles. The maximum atomic E-state index is 4.68. The topological polar surface area (TPSA) is 17.8 Å². The molecule has 0 aliphatic rings. The molecule has 0 radical (unpaired) electrons.